The van der Waals surface area contributed by atoms with Crippen molar-refractivity contribution in [3.8, 4) is 11.4 Å². The van der Waals surface area contributed by atoms with E-state index in [4.69, 9.17) is 10.5 Å². The minimum atomic E-state index is -0.696. The van der Waals surface area contributed by atoms with Gasteiger partial charge in [0.15, 0.2) is 11.0 Å². The Hall–Kier alpha value is -3.25. The fourth-order valence-electron chi connectivity index (χ4n) is 2.94. The van der Waals surface area contributed by atoms with E-state index in [1.54, 1.807) is 44.5 Å². The number of nitrogens with zero attached hydrogens (tertiary/aromatic N) is 3. The first-order valence-corrected chi connectivity index (χ1v) is 11.6. The number of nitrogens with one attached hydrogen (secondary N) is 1. The number of benzene rings is 1. The number of aromatic nitrogens is 3. The standard InChI is InChI=1S/C21H22FN5O4S2/c1-10(2)31-20(30)15-11(3)16(17(23)29)33-19(15)24-14(28)9-32-21-26-25-18(27(21)4)12-5-7-13(22)8-6-12/h5-8,10H,9H2,1-4H3,(H2,23,29)(H,24,28). The maximum absolute atomic E-state index is 13.2. The van der Waals surface area contributed by atoms with Gasteiger partial charge in [0.1, 0.15) is 10.8 Å². The molecular formula is C21H22FN5O4S2. The van der Waals surface area contributed by atoms with Gasteiger partial charge in [0.05, 0.1) is 22.3 Å². The van der Waals surface area contributed by atoms with Crippen LogP contribution in [0.3, 0.4) is 0 Å². The second-order valence-electron chi connectivity index (χ2n) is 7.29. The summed E-state index contributed by atoms with van der Waals surface area (Å²) in [6.45, 7) is 4.98. The maximum Gasteiger partial charge on any atom is 0.341 e. The number of esters is 1. The van der Waals surface area contributed by atoms with Crippen molar-refractivity contribution < 1.29 is 23.5 Å². The fourth-order valence-corrected chi connectivity index (χ4v) is 4.71. The number of anilines is 1. The smallest absolute Gasteiger partial charge is 0.341 e. The molecule has 3 aromatic rings. The zero-order chi connectivity index (χ0) is 24.3. The summed E-state index contributed by atoms with van der Waals surface area (Å²) in [4.78, 5) is 37.0. The number of hydrogen-bond acceptors (Lipinski definition) is 8. The molecule has 3 N–H and O–H groups in total. The van der Waals surface area contributed by atoms with Crippen LogP contribution in [-0.4, -0.2) is 44.4 Å². The third kappa shape index (κ3) is 5.57. The number of rotatable bonds is 8. The summed E-state index contributed by atoms with van der Waals surface area (Å²) in [6, 6.07) is 5.84. The number of amides is 2. The highest BCUT2D eigenvalue weighted by Crippen LogP contribution is 2.34. The maximum atomic E-state index is 13.2. The van der Waals surface area contributed by atoms with E-state index >= 15 is 0 Å². The molecule has 1 aromatic carbocycles. The summed E-state index contributed by atoms with van der Waals surface area (Å²) in [6.07, 6.45) is -0.376. The van der Waals surface area contributed by atoms with Gasteiger partial charge in [0.2, 0.25) is 5.91 Å². The lowest BCUT2D eigenvalue weighted by atomic mass is 10.1. The Morgan fingerprint density at radius 2 is 1.91 bits per heavy atom. The number of halogens is 1. The SMILES string of the molecule is Cc1c(C(N)=O)sc(NC(=O)CSc2nnc(-c3ccc(F)cc3)n2C)c1C(=O)OC(C)C. The molecule has 0 aliphatic heterocycles. The number of primary amides is 1. The summed E-state index contributed by atoms with van der Waals surface area (Å²) in [5, 5.41) is 11.5. The Balaban J connectivity index is 1.74. The summed E-state index contributed by atoms with van der Waals surface area (Å²) < 4.78 is 20.1. The number of hydrogen-bond donors (Lipinski definition) is 2. The average molecular weight is 492 g/mol. The van der Waals surface area contributed by atoms with Crippen molar-refractivity contribution in [2.45, 2.75) is 32.0 Å². The lowest BCUT2D eigenvalue weighted by molar-refractivity contribution is -0.113. The third-order valence-corrected chi connectivity index (χ3v) is 6.68. The molecule has 0 unspecified atom stereocenters. The molecule has 2 amide bonds. The van der Waals surface area contributed by atoms with Crippen LogP contribution in [0.2, 0.25) is 0 Å². The van der Waals surface area contributed by atoms with E-state index in [0.29, 0.717) is 22.1 Å². The van der Waals surface area contributed by atoms with Crippen molar-refractivity contribution in [1.82, 2.24) is 14.8 Å². The van der Waals surface area contributed by atoms with Crippen LogP contribution in [0.25, 0.3) is 11.4 Å². The summed E-state index contributed by atoms with van der Waals surface area (Å²) in [5.74, 6) is -1.62. The number of thioether (sulfide) groups is 1. The molecule has 0 radical (unpaired) electrons. The van der Waals surface area contributed by atoms with Crippen molar-refractivity contribution in [3.63, 3.8) is 0 Å². The molecule has 0 fully saturated rings. The molecule has 0 aliphatic rings. The molecule has 0 saturated heterocycles. The topological polar surface area (TPSA) is 129 Å². The zero-order valence-electron chi connectivity index (χ0n) is 18.3. The van der Waals surface area contributed by atoms with Crippen molar-refractivity contribution in [3.05, 3.63) is 46.1 Å². The van der Waals surface area contributed by atoms with Crippen molar-refractivity contribution in [1.29, 1.82) is 0 Å². The molecule has 0 bridgehead atoms. The van der Waals surface area contributed by atoms with Gasteiger partial charge in [-0.3, -0.25) is 9.59 Å². The van der Waals surface area contributed by atoms with Crippen LogP contribution >= 0.6 is 23.1 Å². The molecule has 0 saturated carbocycles. The van der Waals surface area contributed by atoms with E-state index in [1.165, 1.54) is 12.1 Å². The molecule has 0 aliphatic carbocycles. The van der Waals surface area contributed by atoms with Crippen molar-refractivity contribution in [2.24, 2.45) is 12.8 Å². The molecule has 3 rings (SSSR count). The van der Waals surface area contributed by atoms with Crippen LogP contribution in [0.5, 0.6) is 0 Å². The monoisotopic (exact) mass is 491 g/mol. The normalized spacial score (nSPS) is 11.0. The van der Waals surface area contributed by atoms with Gasteiger partial charge in [-0.1, -0.05) is 11.8 Å². The molecule has 9 nitrogen and oxygen atoms in total. The number of thiophene rings is 1. The Kier molecular flexibility index (Phi) is 7.49. The van der Waals surface area contributed by atoms with Gasteiger partial charge < -0.3 is 20.4 Å². The molecule has 174 valence electrons. The first-order chi connectivity index (χ1) is 15.6. The van der Waals surface area contributed by atoms with E-state index in [1.807, 2.05) is 0 Å². The van der Waals surface area contributed by atoms with Gasteiger partial charge in [-0.05, 0) is 50.6 Å². The largest absolute Gasteiger partial charge is 0.459 e. The minimum Gasteiger partial charge on any atom is -0.459 e. The number of ether oxygens (including phenoxy) is 1. The van der Waals surface area contributed by atoms with Gasteiger partial charge in [0, 0.05) is 12.6 Å². The second-order valence-corrected chi connectivity index (χ2v) is 9.25. The predicted octanol–water partition coefficient (Wildman–Crippen LogP) is 3.39. The summed E-state index contributed by atoms with van der Waals surface area (Å²) in [7, 11) is 1.74. The molecular weight excluding hydrogens is 469 g/mol. The van der Waals surface area contributed by atoms with Crippen LogP contribution in [-0.2, 0) is 16.6 Å². The second kappa shape index (κ2) is 10.1. The number of carbonyl (C=O) groups excluding carboxylic acids is 3. The van der Waals surface area contributed by atoms with Crippen LogP contribution in [0.4, 0.5) is 9.39 Å². The minimum absolute atomic E-state index is 0.0308. The highest BCUT2D eigenvalue weighted by atomic mass is 32.2. The van der Waals surface area contributed by atoms with Crippen LogP contribution in [0.15, 0.2) is 29.4 Å². The van der Waals surface area contributed by atoms with Crippen LogP contribution in [0, 0.1) is 12.7 Å². The van der Waals surface area contributed by atoms with E-state index in [-0.39, 0.29) is 33.1 Å². The van der Waals surface area contributed by atoms with Gasteiger partial charge in [-0.15, -0.1) is 21.5 Å². The zero-order valence-corrected chi connectivity index (χ0v) is 20.0. The highest BCUT2D eigenvalue weighted by Gasteiger charge is 2.26. The lowest BCUT2D eigenvalue weighted by Gasteiger charge is -2.10. The molecule has 33 heavy (non-hydrogen) atoms. The van der Waals surface area contributed by atoms with E-state index in [9.17, 15) is 18.8 Å². The first-order valence-electron chi connectivity index (χ1n) is 9.80. The van der Waals surface area contributed by atoms with Crippen molar-refractivity contribution in [2.75, 3.05) is 11.1 Å². The fraction of sp³-hybridized carbons (Fsp3) is 0.286. The Labute approximate surface area is 197 Å². The Morgan fingerprint density at radius 1 is 1.24 bits per heavy atom. The highest BCUT2D eigenvalue weighted by molar-refractivity contribution is 7.99. The van der Waals surface area contributed by atoms with Crippen molar-refractivity contribution >= 4 is 45.9 Å². The summed E-state index contributed by atoms with van der Waals surface area (Å²) in [5.41, 5.74) is 6.56. The molecule has 2 heterocycles. The molecule has 2 aromatic heterocycles. The van der Waals surface area contributed by atoms with E-state index in [2.05, 4.69) is 15.5 Å². The number of nitrogens with two attached hydrogens (primary N) is 1. The Bertz CT molecular complexity index is 1200. The Morgan fingerprint density at radius 3 is 2.52 bits per heavy atom. The summed E-state index contributed by atoms with van der Waals surface area (Å²) >= 11 is 2.06. The molecule has 0 spiro atoms. The first kappa shape index (κ1) is 24.4. The predicted molar refractivity (Wildman–Crippen MR) is 124 cm³/mol. The number of carbonyl (C=O) groups is 3. The molecule has 12 heteroatoms. The van der Waals surface area contributed by atoms with Crippen LogP contribution in [0.1, 0.15) is 39.4 Å². The van der Waals surface area contributed by atoms with E-state index in [0.717, 1.165) is 23.1 Å². The van der Waals surface area contributed by atoms with Gasteiger partial charge in [-0.25, -0.2) is 9.18 Å². The third-order valence-electron chi connectivity index (χ3n) is 4.44. The van der Waals surface area contributed by atoms with Gasteiger partial charge in [0.25, 0.3) is 5.91 Å². The lowest BCUT2D eigenvalue weighted by Crippen LogP contribution is -2.18. The van der Waals surface area contributed by atoms with Gasteiger partial charge >= 0.3 is 5.97 Å². The van der Waals surface area contributed by atoms with E-state index < -0.39 is 17.8 Å². The van der Waals surface area contributed by atoms with Gasteiger partial charge in [-0.2, -0.15) is 0 Å². The quantitative estimate of drug-likeness (QED) is 0.365. The van der Waals surface area contributed by atoms with Crippen LogP contribution < -0.4 is 11.1 Å². The average Bonchev–Trinajstić information content (AvgIpc) is 3.26. The molecule has 0 atom stereocenters.